The molecule has 0 aromatic carbocycles. The molecule has 0 saturated carbocycles. The van der Waals surface area contributed by atoms with Crippen LogP contribution in [0.3, 0.4) is 0 Å². The number of likely N-dealkylation sites (tertiary alicyclic amines) is 1. The smallest absolute Gasteiger partial charge is 0.271 e. The number of rotatable bonds is 4. The monoisotopic (exact) mass is 319 g/mol. The van der Waals surface area contributed by atoms with Crippen molar-refractivity contribution in [3.8, 4) is 0 Å². The Hall–Kier alpha value is -1.89. The number of hydrogen-bond donors (Lipinski definition) is 0. The van der Waals surface area contributed by atoms with Crippen molar-refractivity contribution < 1.29 is 9.63 Å². The Balaban J connectivity index is 1.59. The number of nitrogens with zero attached hydrogens (tertiary/aromatic N) is 5. The van der Waals surface area contributed by atoms with E-state index in [0.717, 1.165) is 31.9 Å². The van der Waals surface area contributed by atoms with Gasteiger partial charge in [0.2, 0.25) is 0 Å². The highest BCUT2D eigenvalue weighted by Crippen LogP contribution is 2.34. The number of amides is 1. The summed E-state index contributed by atoms with van der Waals surface area (Å²) in [4.78, 5) is 26.5. The first-order chi connectivity index (χ1) is 10.9. The van der Waals surface area contributed by atoms with Crippen LogP contribution < -0.4 is 0 Å². The summed E-state index contributed by atoms with van der Waals surface area (Å²) in [6.45, 7) is 6.50. The zero-order valence-electron chi connectivity index (χ0n) is 14.3. The second kappa shape index (κ2) is 5.96. The van der Waals surface area contributed by atoms with Crippen molar-refractivity contribution in [1.29, 1.82) is 0 Å². The van der Waals surface area contributed by atoms with E-state index in [0.29, 0.717) is 12.1 Å². The maximum Gasteiger partial charge on any atom is 0.271 e. The van der Waals surface area contributed by atoms with Crippen molar-refractivity contribution in [3.05, 3.63) is 18.2 Å². The van der Waals surface area contributed by atoms with Gasteiger partial charge in [-0.2, -0.15) is 0 Å². The minimum absolute atomic E-state index is 0.0283. The van der Waals surface area contributed by atoms with Crippen LogP contribution in [0.5, 0.6) is 0 Å². The standard InChI is InChI=1S/C16H25N5O2/c1-12(2)20(4)15(22)13-9-16(23-18-13)5-7-21(11-16)10-14-17-6-8-19(14)3/h6,8,12H,5,7,9-11H2,1-4H3. The molecule has 1 spiro atoms. The van der Waals surface area contributed by atoms with Gasteiger partial charge in [-0.15, -0.1) is 0 Å². The van der Waals surface area contributed by atoms with E-state index in [-0.39, 0.29) is 17.6 Å². The minimum Gasteiger partial charge on any atom is -0.387 e. The second-order valence-corrected chi connectivity index (χ2v) is 6.91. The maximum atomic E-state index is 12.4. The Morgan fingerprint density at radius 3 is 2.96 bits per heavy atom. The molecule has 1 aromatic heterocycles. The summed E-state index contributed by atoms with van der Waals surface area (Å²) in [6.07, 6.45) is 5.26. The summed E-state index contributed by atoms with van der Waals surface area (Å²) >= 11 is 0. The molecule has 0 N–H and O–H groups in total. The van der Waals surface area contributed by atoms with Gasteiger partial charge in [0.25, 0.3) is 5.91 Å². The number of carbonyl (C=O) groups excluding carboxylic acids is 1. The number of oxime groups is 1. The van der Waals surface area contributed by atoms with E-state index in [4.69, 9.17) is 4.84 Å². The maximum absolute atomic E-state index is 12.4. The molecule has 1 saturated heterocycles. The zero-order chi connectivity index (χ0) is 16.6. The van der Waals surface area contributed by atoms with Crippen molar-refractivity contribution in [2.75, 3.05) is 20.1 Å². The van der Waals surface area contributed by atoms with Crippen LogP contribution in [0.1, 0.15) is 32.5 Å². The first-order valence-corrected chi connectivity index (χ1v) is 8.11. The van der Waals surface area contributed by atoms with Gasteiger partial charge in [-0.3, -0.25) is 9.69 Å². The van der Waals surface area contributed by atoms with E-state index >= 15 is 0 Å². The molecule has 0 aliphatic carbocycles. The summed E-state index contributed by atoms with van der Waals surface area (Å²) in [5.74, 6) is 1.01. The molecule has 3 heterocycles. The molecule has 0 bridgehead atoms. The highest BCUT2D eigenvalue weighted by atomic mass is 16.7. The topological polar surface area (TPSA) is 63.0 Å². The lowest BCUT2D eigenvalue weighted by Crippen LogP contribution is -2.40. The number of hydrogen-bond acceptors (Lipinski definition) is 5. The minimum atomic E-state index is -0.339. The largest absolute Gasteiger partial charge is 0.387 e. The Kier molecular flexibility index (Phi) is 4.14. The first kappa shape index (κ1) is 16.0. The molecule has 2 aliphatic rings. The number of aryl methyl sites for hydroxylation is 1. The van der Waals surface area contributed by atoms with E-state index < -0.39 is 0 Å². The van der Waals surface area contributed by atoms with E-state index in [1.165, 1.54) is 0 Å². The van der Waals surface area contributed by atoms with E-state index in [9.17, 15) is 4.79 Å². The van der Waals surface area contributed by atoms with Crippen LogP contribution in [0.4, 0.5) is 0 Å². The number of imidazole rings is 1. The lowest BCUT2D eigenvalue weighted by atomic mass is 9.96. The van der Waals surface area contributed by atoms with Gasteiger partial charge in [-0.1, -0.05) is 5.16 Å². The average molecular weight is 319 g/mol. The molecule has 7 heteroatoms. The van der Waals surface area contributed by atoms with Gasteiger partial charge in [0, 0.05) is 58.5 Å². The van der Waals surface area contributed by atoms with Crippen molar-refractivity contribution in [1.82, 2.24) is 19.4 Å². The second-order valence-electron chi connectivity index (χ2n) is 6.91. The van der Waals surface area contributed by atoms with Crippen molar-refractivity contribution >= 4 is 11.6 Å². The van der Waals surface area contributed by atoms with Crippen LogP contribution in [0.2, 0.25) is 0 Å². The fourth-order valence-corrected chi connectivity index (χ4v) is 3.10. The molecule has 2 aliphatic heterocycles. The lowest BCUT2D eigenvalue weighted by Gasteiger charge is -2.23. The zero-order valence-corrected chi connectivity index (χ0v) is 14.3. The van der Waals surface area contributed by atoms with Gasteiger partial charge < -0.3 is 14.3 Å². The SMILES string of the molecule is CC(C)N(C)C(=O)C1=NOC2(CCN(Cc3nccn3C)C2)C1. The molecule has 1 amide bonds. The van der Waals surface area contributed by atoms with E-state index in [1.54, 1.807) is 4.90 Å². The summed E-state index contributed by atoms with van der Waals surface area (Å²) in [7, 11) is 3.81. The fourth-order valence-electron chi connectivity index (χ4n) is 3.10. The Morgan fingerprint density at radius 2 is 2.30 bits per heavy atom. The number of aromatic nitrogens is 2. The predicted molar refractivity (Wildman–Crippen MR) is 86.9 cm³/mol. The molecule has 1 atom stereocenters. The third-order valence-electron chi connectivity index (χ3n) is 4.86. The number of carbonyl (C=O) groups is 1. The molecule has 1 aromatic rings. The molecule has 0 radical (unpaired) electrons. The van der Waals surface area contributed by atoms with Crippen molar-refractivity contribution in [3.63, 3.8) is 0 Å². The highest BCUT2D eigenvalue weighted by Gasteiger charge is 2.47. The third kappa shape index (κ3) is 3.10. The lowest BCUT2D eigenvalue weighted by molar-refractivity contribution is -0.124. The molecule has 1 fully saturated rings. The van der Waals surface area contributed by atoms with Crippen LogP contribution >= 0.6 is 0 Å². The Morgan fingerprint density at radius 1 is 1.52 bits per heavy atom. The summed E-state index contributed by atoms with van der Waals surface area (Å²) < 4.78 is 2.03. The van der Waals surface area contributed by atoms with Crippen LogP contribution in [0.15, 0.2) is 17.5 Å². The van der Waals surface area contributed by atoms with Crippen LogP contribution in [-0.2, 0) is 23.2 Å². The van der Waals surface area contributed by atoms with E-state index in [2.05, 4.69) is 15.0 Å². The van der Waals surface area contributed by atoms with Crippen LogP contribution in [0.25, 0.3) is 0 Å². The molecular formula is C16H25N5O2. The quantitative estimate of drug-likeness (QED) is 0.831. The van der Waals surface area contributed by atoms with Crippen LogP contribution in [0, 0.1) is 0 Å². The first-order valence-electron chi connectivity index (χ1n) is 8.11. The third-order valence-corrected chi connectivity index (χ3v) is 4.86. The van der Waals surface area contributed by atoms with Gasteiger partial charge in [-0.05, 0) is 13.8 Å². The molecule has 1 unspecified atom stereocenters. The van der Waals surface area contributed by atoms with Gasteiger partial charge in [0.1, 0.15) is 11.5 Å². The fraction of sp³-hybridized carbons (Fsp3) is 0.688. The van der Waals surface area contributed by atoms with Gasteiger partial charge >= 0.3 is 0 Å². The van der Waals surface area contributed by atoms with E-state index in [1.807, 2.05) is 44.9 Å². The summed E-state index contributed by atoms with van der Waals surface area (Å²) in [5.41, 5.74) is 0.202. The normalized spacial score (nSPS) is 24.3. The summed E-state index contributed by atoms with van der Waals surface area (Å²) in [6, 6.07) is 0.158. The van der Waals surface area contributed by atoms with Gasteiger partial charge in [-0.25, -0.2) is 4.98 Å². The molecular weight excluding hydrogens is 294 g/mol. The molecule has 7 nitrogen and oxygen atoms in total. The average Bonchev–Trinajstić information content (AvgIpc) is 3.22. The van der Waals surface area contributed by atoms with Gasteiger partial charge in [0.15, 0.2) is 5.60 Å². The molecule has 23 heavy (non-hydrogen) atoms. The molecule has 126 valence electrons. The predicted octanol–water partition coefficient (Wildman–Crippen LogP) is 1.01. The van der Waals surface area contributed by atoms with Gasteiger partial charge in [0.05, 0.1) is 6.54 Å². The molecule has 3 rings (SSSR count). The van der Waals surface area contributed by atoms with Crippen LogP contribution in [-0.4, -0.2) is 62.7 Å². The highest BCUT2D eigenvalue weighted by molar-refractivity contribution is 6.39. The Labute approximate surface area is 136 Å². The van der Waals surface area contributed by atoms with Crippen molar-refractivity contribution in [2.24, 2.45) is 12.2 Å². The van der Waals surface area contributed by atoms with Crippen molar-refractivity contribution in [2.45, 2.75) is 44.9 Å². The summed E-state index contributed by atoms with van der Waals surface area (Å²) in [5, 5.41) is 4.10. The Bertz CT molecular complexity index is 624.